The van der Waals surface area contributed by atoms with E-state index >= 15 is 0 Å². The van der Waals surface area contributed by atoms with E-state index in [1.54, 1.807) is 19.1 Å². The lowest BCUT2D eigenvalue weighted by Crippen LogP contribution is -2.35. The van der Waals surface area contributed by atoms with Gasteiger partial charge in [0.05, 0.1) is 12.0 Å². The summed E-state index contributed by atoms with van der Waals surface area (Å²) in [6.45, 7) is 1.35. The van der Waals surface area contributed by atoms with Crippen LogP contribution in [-0.4, -0.2) is 16.2 Å². The molecular formula is C9H13NO4. The molecule has 1 rings (SSSR count). The van der Waals surface area contributed by atoms with Crippen molar-refractivity contribution in [3.63, 3.8) is 0 Å². The number of rotatable bonds is 4. The van der Waals surface area contributed by atoms with Crippen molar-refractivity contribution in [1.29, 1.82) is 0 Å². The number of carboxylic acids is 1. The number of aliphatic hydroxyl groups is 1. The van der Waals surface area contributed by atoms with Crippen LogP contribution in [0.3, 0.4) is 0 Å². The Kier molecular flexibility index (Phi) is 2.93. The smallest absolute Gasteiger partial charge is 0.305 e. The van der Waals surface area contributed by atoms with Gasteiger partial charge < -0.3 is 20.4 Å². The molecule has 78 valence electrons. The molecule has 0 amide bonds. The number of carboxylic acid groups (broad SMARTS) is 1. The number of furan rings is 1. The van der Waals surface area contributed by atoms with Crippen LogP contribution in [0.15, 0.2) is 16.5 Å². The Morgan fingerprint density at radius 3 is 2.71 bits per heavy atom. The topological polar surface area (TPSA) is 96.7 Å². The maximum Gasteiger partial charge on any atom is 0.305 e. The molecule has 1 atom stereocenters. The summed E-state index contributed by atoms with van der Waals surface area (Å²) in [5.74, 6) is -0.247. The first-order chi connectivity index (χ1) is 6.45. The summed E-state index contributed by atoms with van der Waals surface area (Å²) in [6.07, 6.45) is -0.217. The normalized spacial score (nSPS) is 15.1. The van der Waals surface area contributed by atoms with Crippen molar-refractivity contribution in [2.45, 2.75) is 25.5 Å². The van der Waals surface area contributed by atoms with Crippen LogP contribution in [0, 0.1) is 0 Å². The molecule has 4 N–H and O–H groups in total. The standard InChI is InChI=1S/C9H13NO4/c1-9(10,4-8(12)13)7-3-2-6(5-11)14-7/h2-3,11H,4-5,10H2,1H3,(H,12,13)/t9-/m1/s1. The third kappa shape index (κ3) is 2.34. The molecule has 14 heavy (non-hydrogen) atoms. The van der Waals surface area contributed by atoms with E-state index in [1.807, 2.05) is 0 Å². The predicted octanol–water partition coefficient (Wildman–Crippen LogP) is 0.421. The van der Waals surface area contributed by atoms with Crippen molar-refractivity contribution < 1.29 is 19.4 Å². The highest BCUT2D eigenvalue weighted by Crippen LogP contribution is 2.23. The first kappa shape index (κ1) is 10.7. The van der Waals surface area contributed by atoms with Gasteiger partial charge in [0.2, 0.25) is 0 Å². The van der Waals surface area contributed by atoms with E-state index in [0.717, 1.165) is 0 Å². The lowest BCUT2D eigenvalue weighted by Gasteiger charge is -2.19. The van der Waals surface area contributed by atoms with E-state index in [2.05, 4.69) is 0 Å². The van der Waals surface area contributed by atoms with Gasteiger partial charge >= 0.3 is 5.97 Å². The molecule has 5 nitrogen and oxygen atoms in total. The molecule has 0 saturated carbocycles. The Morgan fingerprint density at radius 1 is 1.64 bits per heavy atom. The SMILES string of the molecule is C[C@@](N)(CC(=O)O)c1ccc(CO)o1. The number of hydrogen-bond donors (Lipinski definition) is 3. The molecule has 0 aromatic carbocycles. The van der Waals surface area contributed by atoms with E-state index in [-0.39, 0.29) is 13.0 Å². The summed E-state index contributed by atoms with van der Waals surface area (Å²) in [4.78, 5) is 10.5. The van der Waals surface area contributed by atoms with Gasteiger partial charge in [-0.15, -0.1) is 0 Å². The maximum atomic E-state index is 10.5. The molecule has 0 bridgehead atoms. The zero-order valence-electron chi connectivity index (χ0n) is 7.86. The fourth-order valence-corrected chi connectivity index (χ4v) is 1.17. The summed E-state index contributed by atoms with van der Waals surface area (Å²) in [5.41, 5.74) is 4.71. The van der Waals surface area contributed by atoms with Crippen molar-refractivity contribution in [2.24, 2.45) is 5.73 Å². The van der Waals surface area contributed by atoms with Gasteiger partial charge in [-0.2, -0.15) is 0 Å². The van der Waals surface area contributed by atoms with Crippen LogP contribution in [0.2, 0.25) is 0 Å². The number of nitrogens with two attached hydrogens (primary N) is 1. The van der Waals surface area contributed by atoms with Gasteiger partial charge in [0.15, 0.2) is 0 Å². The fourth-order valence-electron chi connectivity index (χ4n) is 1.17. The first-order valence-corrected chi connectivity index (χ1v) is 4.16. The second kappa shape index (κ2) is 3.81. The monoisotopic (exact) mass is 199 g/mol. The number of hydrogen-bond acceptors (Lipinski definition) is 4. The van der Waals surface area contributed by atoms with E-state index in [0.29, 0.717) is 11.5 Å². The van der Waals surface area contributed by atoms with Gasteiger partial charge in [-0.25, -0.2) is 0 Å². The lowest BCUT2D eigenvalue weighted by atomic mass is 9.96. The molecule has 0 radical (unpaired) electrons. The zero-order valence-corrected chi connectivity index (χ0v) is 7.86. The summed E-state index contributed by atoms with van der Waals surface area (Å²) in [7, 11) is 0. The van der Waals surface area contributed by atoms with Crippen molar-refractivity contribution in [3.05, 3.63) is 23.7 Å². The third-order valence-corrected chi connectivity index (χ3v) is 1.90. The third-order valence-electron chi connectivity index (χ3n) is 1.90. The Balaban J connectivity index is 2.85. The Labute approximate surface area is 81.1 Å². The zero-order chi connectivity index (χ0) is 10.8. The first-order valence-electron chi connectivity index (χ1n) is 4.16. The second-order valence-corrected chi connectivity index (χ2v) is 3.41. The molecule has 0 aliphatic carbocycles. The highest BCUT2D eigenvalue weighted by Gasteiger charge is 2.28. The van der Waals surface area contributed by atoms with Gasteiger partial charge in [-0.05, 0) is 19.1 Å². The molecule has 1 aromatic heterocycles. The summed E-state index contributed by atoms with van der Waals surface area (Å²) >= 11 is 0. The van der Waals surface area contributed by atoms with Crippen molar-refractivity contribution >= 4 is 5.97 Å². The minimum Gasteiger partial charge on any atom is -0.481 e. The van der Waals surface area contributed by atoms with Gasteiger partial charge in [0.1, 0.15) is 18.1 Å². The van der Waals surface area contributed by atoms with Gasteiger partial charge in [-0.1, -0.05) is 0 Å². The highest BCUT2D eigenvalue weighted by atomic mass is 16.4. The van der Waals surface area contributed by atoms with Crippen LogP contribution in [0.25, 0.3) is 0 Å². The molecule has 1 aromatic rings. The number of aliphatic hydroxyl groups excluding tert-OH is 1. The molecule has 1 heterocycles. The molecule has 0 fully saturated rings. The predicted molar refractivity (Wildman–Crippen MR) is 48.4 cm³/mol. The molecule has 0 saturated heterocycles. The van der Waals surface area contributed by atoms with Crippen LogP contribution in [0.1, 0.15) is 24.9 Å². The molecule has 0 unspecified atom stereocenters. The number of aliphatic carboxylic acids is 1. The summed E-state index contributed by atoms with van der Waals surface area (Å²) < 4.78 is 5.16. The molecule has 0 spiro atoms. The van der Waals surface area contributed by atoms with E-state index in [4.69, 9.17) is 20.4 Å². The van der Waals surface area contributed by atoms with E-state index in [9.17, 15) is 4.79 Å². The van der Waals surface area contributed by atoms with Crippen LogP contribution in [-0.2, 0) is 16.9 Å². The van der Waals surface area contributed by atoms with Gasteiger partial charge in [-0.3, -0.25) is 4.79 Å². The quantitative estimate of drug-likeness (QED) is 0.653. The minimum atomic E-state index is -1.04. The largest absolute Gasteiger partial charge is 0.481 e. The van der Waals surface area contributed by atoms with Crippen molar-refractivity contribution in [2.75, 3.05) is 0 Å². The molecule has 0 aliphatic heterocycles. The van der Waals surface area contributed by atoms with Gasteiger partial charge in [0, 0.05) is 0 Å². The van der Waals surface area contributed by atoms with Crippen molar-refractivity contribution in [3.8, 4) is 0 Å². The van der Waals surface area contributed by atoms with E-state index in [1.165, 1.54) is 0 Å². The average molecular weight is 199 g/mol. The Hall–Kier alpha value is -1.33. The Morgan fingerprint density at radius 2 is 2.29 bits per heavy atom. The highest BCUT2D eigenvalue weighted by molar-refractivity contribution is 5.68. The minimum absolute atomic E-state index is 0.217. The molecule has 5 heteroatoms. The van der Waals surface area contributed by atoms with E-state index < -0.39 is 11.5 Å². The fraction of sp³-hybridized carbons (Fsp3) is 0.444. The molecular weight excluding hydrogens is 186 g/mol. The van der Waals surface area contributed by atoms with Crippen LogP contribution in [0.4, 0.5) is 0 Å². The number of carbonyl (C=O) groups is 1. The lowest BCUT2D eigenvalue weighted by molar-refractivity contribution is -0.138. The molecule has 0 aliphatic rings. The van der Waals surface area contributed by atoms with Crippen molar-refractivity contribution in [1.82, 2.24) is 0 Å². The van der Waals surface area contributed by atoms with Crippen LogP contribution < -0.4 is 5.73 Å². The van der Waals surface area contributed by atoms with Crippen LogP contribution in [0.5, 0.6) is 0 Å². The maximum absolute atomic E-state index is 10.5. The summed E-state index contributed by atoms with van der Waals surface area (Å²) in [5, 5.41) is 17.4. The second-order valence-electron chi connectivity index (χ2n) is 3.41. The Bertz CT molecular complexity index is 329. The van der Waals surface area contributed by atoms with Crippen LogP contribution >= 0.6 is 0 Å². The average Bonchev–Trinajstić information content (AvgIpc) is 2.49. The summed E-state index contributed by atoms with van der Waals surface area (Å²) in [6, 6.07) is 3.15. The van der Waals surface area contributed by atoms with Gasteiger partial charge in [0.25, 0.3) is 0 Å².